The van der Waals surface area contributed by atoms with Crippen molar-refractivity contribution in [1.82, 2.24) is 26.6 Å². The number of aliphatic imine (C=N–C) groups is 1. The number of hydrogen-bond acceptors (Lipinski definition) is 23. The van der Waals surface area contributed by atoms with Crippen LogP contribution < -0.4 is 43.8 Å². The van der Waals surface area contributed by atoms with Crippen molar-refractivity contribution >= 4 is 82.3 Å². The fourth-order valence-corrected chi connectivity index (χ4v) is 11.9. The van der Waals surface area contributed by atoms with E-state index in [0.717, 1.165) is 51.4 Å². The number of nitrogens with two attached hydrogens (primary N) is 3. The van der Waals surface area contributed by atoms with Crippen LogP contribution in [0.2, 0.25) is 0 Å². The van der Waals surface area contributed by atoms with Gasteiger partial charge in [0.05, 0.1) is 78.0 Å². The molecule has 1 aromatic carbocycles. The molecule has 0 bridgehead atoms. The maximum Gasteiger partial charge on any atom is 0.306 e. The number of ketones is 5. The minimum atomic E-state index is -1.15. The summed E-state index contributed by atoms with van der Waals surface area (Å²) in [4.78, 5) is 165. The topological polar surface area (TPSA) is 507 Å². The van der Waals surface area contributed by atoms with Crippen LogP contribution in [0.4, 0.5) is 0 Å². The molecule has 0 heterocycles. The Kier molecular flexibility index (Phi) is 62.5. The van der Waals surface area contributed by atoms with E-state index in [4.69, 9.17) is 60.2 Å². The molecule has 0 saturated heterocycles. The Hall–Kier alpha value is -7.92. The highest BCUT2D eigenvalue weighted by Crippen LogP contribution is 2.26. The number of unbranched alkanes of at least 4 members (excludes halogenated alkanes) is 14. The average Bonchev–Trinajstić information content (AvgIpc) is 0.845. The maximum absolute atomic E-state index is 13.6. The molecule has 0 aliphatic carbocycles. The normalized spacial score (nSPS) is 12.8. The van der Waals surface area contributed by atoms with Gasteiger partial charge in [0.25, 0.3) is 0 Å². The summed E-state index contributed by atoms with van der Waals surface area (Å²) in [5, 5.41) is 41.5. The number of carbonyl (C=O) groups excluding carboxylic acids is 11. The predicted molar refractivity (Wildman–Crippen MR) is 423 cm³/mol. The molecule has 113 heavy (non-hydrogen) atoms. The number of hydrogen-bond donors (Lipinski definition) is 11. The number of phenolic OH excluding ortho intramolecular Hbond substituents is 1. The zero-order valence-corrected chi connectivity index (χ0v) is 67.4. The number of carboxylic acids is 2. The van der Waals surface area contributed by atoms with Gasteiger partial charge in [0.1, 0.15) is 55.6 Å². The standard InChI is InChI=1S/C80H135N9O24.H2/c1-59(76(101)60(2)68(27-20-38-87-80(82)83)78(103)89-70(77(81)102)53-62-29-32-65(92)33-30-62)23-18-19-37-84-72(96)56-113-52-48-109-44-40-86-74(98)58-112-51-46-107-42-22-26-67(94)55-110-49-47-108-43-39-85-73(97)57-111-50-45-106-41-21-25-64(91)34-35-69(61(3)90)88-71(95)36-31-63(79(104)105)54-66(93)24-16-14-12-10-8-6-4-5-7-9-11-13-15-17-28-75(99)100;/h29-30,32-33,59-60,63,68-70,92H,4-28,31,34-58H2,1-3H3,(H2,81,102)(H,84,96)(H,85,97)(H,86,98)(H,88,95)(H,89,103)(H,99,100)(H,104,105)(H4,82,83,87);1H/t59-,60?,63+,68+,69-,70-;/m0./s1. The first-order valence-corrected chi connectivity index (χ1v) is 40.5. The molecule has 0 spiro atoms. The molecule has 0 saturated carbocycles. The van der Waals surface area contributed by atoms with E-state index >= 15 is 0 Å². The number of Topliss-reactive ketones (excluding diaryl/α,β-unsaturated/α-hetero) is 5. The second-order valence-corrected chi connectivity index (χ2v) is 28.4. The molecular formula is C80H137N9O24. The molecule has 0 radical (unpaired) electrons. The molecule has 1 unspecified atom stereocenters. The summed E-state index contributed by atoms with van der Waals surface area (Å²) in [7, 11) is 0. The van der Waals surface area contributed by atoms with Crippen LogP contribution >= 0.6 is 0 Å². The first-order valence-electron chi connectivity index (χ1n) is 40.5. The van der Waals surface area contributed by atoms with Gasteiger partial charge < -0.3 is 97.0 Å². The number of benzene rings is 1. The highest BCUT2D eigenvalue weighted by atomic mass is 16.5. The number of nitrogens with one attached hydrogen (secondary N) is 5. The first-order chi connectivity index (χ1) is 54.3. The molecule has 646 valence electrons. The lowest BCUT2D eigenvalue weighted by Gasteiger charge is -2.26. The van der Waals surface area contributed by atoms with Gasteiger partial charge in [-0.15, -0.1) is 0 Å². The molecule has 33 nitrogen and oxygen atoms in total. The molecule has 0 fully saturated rings. The lowest BCUT2D eigenvalue weighted by atomic mass is 9.80. The molecule has 0 aliphatic rings. The van der Waals surface area contributed by atoms with E-state index in [9.17, 15) is 72.5 Å². The number of ether oxygens (including phenoxy) is 8. The van der Waals surface area contributed by atoms with Gasteiger partial charge in [0.15, 0.2) is 17.5 Å². The second kappa shape index (κ2) is 68.5. The molecule has 6 amide bonds. The van der Waals surface area contributed by atoms with Crippen molar-refractivity contribution in [2.45, 2.75) is 232 Å². The Morgan fingerprint density at radius 1 is 0.434 bits per heavy atom. The van der Waals surface area contributed by atoms with Gasteiger partial charge in [-0.05, 0) is 88.8 Å². The Balaban J connectivity index is 0.000128. The fraction of sp³-hybridized carbons (Fsp3) is 0.750. The van der Waals surface area contributed by atoms with E-state index in [1.54, 1.807) is 26.0 Å². The Bertz CT molecular complexity index is 2910. The van der Waals surface area contributed by atoms with Gasteiger partial charge in [-0.1, -0.05) is 109 Å². The molecule has 1 aromatic rings. The molecule has 14 N–H and O–H groups in total. The number of nitrogens with zero attached hydrogens (tertiary/aromatic N) is 1. The van der Waals surface area contributed by atoms with E-state index in [1.165, 1.54) is 51.2 Å². The lowest BCUT2D eigenvalue weighted by molar-refractivity contribution is -0.144. The van der Waals surface area contributed by atoms with Crippen LogP contribution in [0.3, 0.4) is 0 Å². The van der Waals surface area contributed by atoms with Crippen LogP contribution in [-0.4, -0.2) is 242 Å². The third-order valence-electron chi connectivity index (χ3n) is 18.5. The number of aliphatic carboxylic acids is 2. The van der Waals surface area contributed by atoms with Gasteiger partial charge in [0, 0.05) is 110 Å². The summed E-state index contributed by atoms with van der Waals surface area (Å²) in [6.07, 6.45) is 18.9. The van der Waals surface area contributed by atoms with Crippen molar-refractivity contribution in [3.63, 3.8) is 0 Å². The molecule has 1 rings (SSSR count). The molecular weight excluding hydrogens is 1470 g/mol. The van der Waals surface area contributed by atoms with E-state index in [2.05, 4.69) is 31.6 Å². The molecule has 0 aromatic heterocycles. The Labute approximate surface area is 668 Å². The highest BCUT2D eigenvalue weighted by molar-refractivity contribution is 5.93. The van der Waals surface area contributed by atoms with E-state index in [1.807, 2.05) is 0 Å². The van der Waals surface area contributed by atoms with Gasteiger partial charge in [0.2, 0.25) is 35.4 Å². The van der Waals surface area contributed by atoms with E-state index < -0.39 is 65.4 Å². The number of carboxylic acid groups (broad SMARTS) is 2. The van der Waals surface area contributed by atoms with Crippen LogP contribution in [0.5, 0.6) is 5.75 Å². The average molecular weight is 1610 g/mol. The van der Waals surface area contributed by atoms with Crippen LogP contribution in [-0.2, 0) is 107 Å². The van der Waals surface area contributed by atoms with Crippen molar-refractivity contribution in [1.29, 1.82) is 0 Å². The fourth-order valence-electron chi connectivity index (χ4n) is 11.9. The van der Waals surface area contributed by atoms with Crippen molar-refractivity contribution in [3.8, 4) is 5.75 Å². The first kappa shape index (κ1) is 103. The highest BCUT2D eigenvalue weighted by Gasteiger charge is 2.34. The third-order valence-corrected chi connectivity index (χ3v) is 18.5. The van der Waals surface area contributed by atoms with Gasteiger partial charge >= 0.3 is 11.9 Å². The summed E-state index contributed by atoms with van der Waals surface area (Å²) in [5.74, 6) is -8.44. The summed E-state index contributed by atoms with van der Waals surface area (Å²) in [6, 6.07) is 4.21. The van der Waals surface area contributed by atoms with Gasteiger partial charge in [-0.3, -0.25) is 67.3 Å². The summed E-state index contributed by atoms with van der Waals surface area (Å²) in [5.41, 5.74) is 17.2. The summed E-state index contributed by atoms with van der Waals surface area (Å²) >= 11 is 0. The van der Waals surface area contributed by atoms with E-state index in [-0.39, 0.29) is 243 Å². The van der Waals surface area contributed by atoms with Gasteiger partial charge in [-0.25, -0.2) is 0 Å². The number of amides is 6. The van der Waals surface area contributed by atoms with E-state index in [0.29, 0.717) is 70.1 Å². The third kappa shape index (κ3) is 60.3. The van der Waals surface area contributed by atoms with Crippen molar-refractivity contribution in [2.75, 3.05) is 132 Å². The monoisotopic (exact) mass is 1610 g/mol. The Morgan fingerprint density at radius 2 is 0.894 bits per heavy atom. The number of phenols is 1. The number of rotatable bonds is 79. The Morgan fingerprint density at radius 3 is 1.38 bits per heavy atom. The lowest BCUT2D eigenvalue weighted by Crippen LogP contribution is -2.49. The summed E-state index contributed by atoms with van der Waals surface area (Å²) in [6.45, 7) is 7.70. The van der Waals surface area contributed by atoms with Gasteiger partial charge in [-0.2, -0.15) is 0 Å². The zero-order valence-electron chi connectivity index (χ0n) is 67.4. The van der Waals surface area contributed by atoms with Crippen LogP contribution in [0.1, 0.15) is 220 Å². The molecule has 33 heteroatoms. The van der Waals surface area contributed by atoms with Crippen molar-refractivity contribution in [2.24, 2.45) is 45.9 Å². The van der Waals surface area contributed by atoms with Crippen LogP contribution in [0, 0.1) is 23.7 Å². The number of guanidine groups is 1. The van der Waals surface area contributed by atoms with Crippen molar-refractivity contribution < 1.29 is 117 Å². The molecule has 0 aliphatic heterocycles. The van der Waals surface area contributed by atoms with Crippen LogP contribution in [0.25, 0.3) is 0 Å². The number of carbonyl (C=O) groups is 13. The largest absolute Gasteiger partial charge is 0.508 e. The second-order valence-electron chi connectivity index (χ2n) is 28.4. The minimum absolute atomic E-state index is 0. The quantitative estimate of drug-likeness (QED) is 0.0214. The number of aromatic hydroxyl groups is 1. The minimum Gasteiger partial charge on any atom is -0.508 e. The van der Waals surface area contributed by atoms with Crippen LogP contribution in [0.15, 0.2) is 29.3 Å². The maximum atomic E-state index is 13.6. The SMILES string of the molecule is CC(=O)[C@H](CCC(=O)CCCOCCOCC(=O)NCCOCCOCC(=O)CCCOCCOCC(=O)NCCOCCOCC(=O)NCCCC[C@H](C)C(=O)C(C)[C@@H](CCCN=C(N)N)C(=O)N[C@@H](Cc1ccc(O)cc1)C(N)=O)NC(=O)CC[C@H](CC(=O)CCCCCCCCCCCCCCCCC(=O)O)C(=O)O.[HH]. The number of primary amides is 1. The predicted octanol–water partition coefficient (Wildman–Crippen LogP) is 5.63. The summed E-state index contributed by atoms with van der Waals surface area (Å²) < 4.78 is 43.3. The van der Waals surface area contributed by atoms with Crippen molar-refractivity contribution in [3.05, 3.63) is 29.8 Å². The molecule has 6 atom stereocenters. The smallest absolute Gasteiger partial charge is 0.306 e. The zero-order chi connectivity index (χ0) is 83.5.